The minimum absolute atomic E-state index is 0.182. The molecule has 1 aromatic carbocycles. The fraction of sp³-hybridized carbons (Fsp3) is 0.385. The molecule has 108 valence electrons. The van der Waals surface area contributed by atoms with Crippen LogP contribution in [0.15, 0.2) is 18.2 Å². The van der Waals surface area contributed by atoms with Crippen molar-refractivity contribution in [3.63, 3.8) is 0 Å². The third-order valence-corrected chi connectivity index (χ3v) is 2.96. The number of nitrogens with zero attached hydrogens (tertiary/aromatic N) is 1. The molecular weight excluding hydrogens is 265 g/mol. The third-order valence-electron chi connectivity index (χ3n) is 2.96. The lowest BCUT2D eigenvalue weighted by atomic mass is 10.2. The van der Waals surface area contributed by atoms with Gasteiger partial charge in [-0.15, -0.1) is 0 Å². The number of hydrogen-bond acceptors (Lipinski definition) is 4. The number of cyclic esters (lactones) is 1. The first-order valence-corrected chi connectivity index (χ1v) is 6.33. The summed E-state index contributed by atoms with van der Waals surface area (Å²) < 4.78 is 17.6. The van der Waals surface area contributed by atoms with Gasteiger partial charge in [0.2, 0.25) is 5.91 Å². The van der Waals surface area contributed by atoms with Crippen LogP contribution in [0.2, 0.25) is 0 Å². The second-order valence-electron chi connectivity index (χ2n) is 4.48. The van der Waals surface area contributed by atoms with E-state index in [1.165, 1.54) is 12.1 Å². The van der Waals surface area contributed by atoms with Gasteiger partial charge in [-0.25, -0.2) is 9.18 Å². The molecule has 3 N–H and O–H groups in total. The van der Waals surface area contributed by atoms with Gasteiger partial charge in [0.05, 0.1) is 17.9 Å². The Morgan fingerprint density at radius 2 is 2.30 bits per heavy atom. The maximum Gasteiger partial charge on any atom is 0.409 e. The molecule has 1 aliphatic heterocycles. The highest BCUT2D eigenvalue weighted by molar-refractivity contribution is 5.93. The summed E-state index contributed by atoms with van der Waals surface area (Å²) in [5.41, 5.74) is 6.16. The number of carbonyl (C=O) groups is 2. The van der Waals surface area contributed by atoms with E-state index in [1.54, 1.807) is 4.90 Å². The number of nitrogens with two attached hydrogens (primary N) is 1. The maximum absolute atomic E-state index is 12.9. The SMILES string of the molecule is Nc1cc(F)ccc1NC(=O)CCCN1CCOC1=O. The Hall–Kier alpha value is -2.31. The predicted molar refractivity (Wildman–Crippen MR) is 71.6 cm³/mol. The molecule has 2 rings (SSSR count). The molecule has 20 heavy (non-hydrogen) atoms. The van der Waals surface area contributed by atoms with Gasteiger partial charge in [0.15, 0.2) is 0 Å². The van der Waals surface area contributed by atoms with Gasteiger partial charge in [0.1, 0.15) is 12.4 Å². The zero-order chi connectivity index (χ0) is 14.5. The summed E-state index contributed by atoms with van der Waals surface area (Å²) in [5, 5.41) is 2.61. The van der Waals surface area contributed by atoms with Gasteiger partial charge < -0.3 is 20.7 Å². The minimum atomic E-state index is -0.451. The average molecular weight is 281 g/mol. The number of anilines is 2. The van der Waals surface area contributed by atoms with Gasteiger partial charge in [0, 0.05) is 13.0 Å². The van der Waals surface area contributed by atoms with Gasteiger partial charge in [-0.2, -0.15) is 0 Å². The van der Waals surface area contributed by atoms with Crippen molar-refractivity contribution < 1.29 is 18.7 Å². The van der Waals surface area contributed by atoms with Crippen molar-refractivity contribution in [2.45, 2.75) is 12.8 Å². The van der Waals surface area contributed by atoms with Crippen LogP contribution in [0.1, 0.15) is 12.8 Å². The van der Waals surface area contributed by atoms with Crippen molar-refractivity contribution in [2.75, 3.05) is 30.7 Å². The molecular formula is C13H16FN3O3. The molecule has 2 amide bonds. The molecule has 0 aromatic heterocycles. The smallest absolute Gasteiger partial charge is 0.409 e. The number of amides is 2. The summed E-state index contributed by atoms with van der Waals surface area (Å²) >= 11 is 0. The van der Waals surface area contributed by atoms with Crippen LogP contribution in [0.4, 0.5) is 20.6 Å². The second kappa shape index (κ2) is 6.23. The Morgan fingerprint density at radius 3 is 2.95 bits per heavy atom. The Morgan fingerprint density at radius 1 is 1.50 bits per heavy atom. The quantitative estimate of drug-likeness (QED) is 0.802. The number of rotatable bonds is 5. The summed E-state index contributed by atoms with van der Waals surface area (Å²) in [7, 11) is 0. The van der Waals surface area contributed by atoms with Crippen LogP contribution >= 0.6 is 0 Å². The number of carbonyl (C=O) groups excluding carboxylic acids is 2. The van der Waals surface area contributed by atoms with Crippen molar-refractivity contribution in [1.82, 2.24) is 4.90 Å². The molecule has 1 fully saturated rings. The molecule has 0 saturated carbocycles. The number of nitrogen functional groups attached to an aromatic ring is 1. The molecule has 7 heteroatoms. The summed E-state index contributed by atoms with van der Waals surface area (Å²) in [6, 6.07) is 3.79. The highest BCUT2D eigenvalue weighted by Gasteiger charge is 2.21. The van der Waals surface area contributed by atoms with Gasteiger partial charge in [-0.1, -0.05) is 0 Å². The lowest BCUT2D eigenvalue weighted by molar-refractivity contribution is -0.116. The van der Waals surface area contributed by atoms with Crippen molar-refractivity contribution >= 4 is 23.4 Å². The standard InChI is InChI=1S/C13H16FN3O3/c14-9-3-4-11(10(15)8-9)16-12(18)2-1-5-17-6-7-20-13(17)19/h3-4,8H,1-2,5-7,15H2,(H,16,18). The number of benzene rings is 1. The summed E-state index contributed by atoms with van der Waals surface area (Å²) in [6.07, 6.45) is 0.441. The normalized spacial score (nSPS) is 14.2. The fourth-order valence-electron chi connectivity index (χ4n) is 1.92. The molecule has 1 aliphatic rings. The van der Waals surface area contributed by atoms with Crippen LogP contribution in [0.3, 0.4) is 0 Å². The van der Waals surface area contributed by atoms with Gasteiger partial charge in [0.25, 0.3) is 0 Å². The molecule has 0 spiro atoms. The number of hydrogen-bond donors (Lipinski definition) is 2. The van der Waals surface area contributed by atoms with E-state index in [1.807, 2.05) is 0 Å². The van der Waals surface area contributed by atoms with Crippen LogP contribution in [0, 0.1) is 5.82 Å². The first-order valence-electron chi connectivity index (χ1n) is 6.33. The maximum atomic E-state index is 12.9. The van der Waals surface area contributed by atoms with Crippen LogP contribution < -0.4 is 11.1 Å². The largest absolute Gasteiger partial charge is 0.448 e. The number of ether oxygens (including phenoxy) is 1. The zero-order valence-electron chi connectivity index (χ0n) is 10.9. The molecule has 6 nitrogen and oxygen atoms in total. The summed E-state index contributed by atoms with van der Waals surface area (Å²) in [6.45, 7) is 1.44. The van der Waals surface area contributed by atoms with Crippen molar-refractivity contribution in [3.8, 4) is 0 Å². The number of halogens is 1. The molecule has 0 unspecified atom stereocenters. The predicted octanol–water partition coefficient (Wildman–Crippen LogP) is 1.58. The van der Waals surface area contributed by atoms with E-state index in [9.17, 15) is 14.0 Å². The second-order valence-corrected chi connectivity index (χ2v) is 4.48. The van der Waals surface area contributed by atoms with Crippen molar-refractivity contribution in [3.05, 3.63) is 24.0 Å². The highest BCUT2D eigenvalue weighted by atomic mass is 19.1. The van der Waals surface area contributed by atoms with Crippen molar-refractivity contribution in [1.29, 1.82) is 0 Å². The lowest BCUT2D eigenvalue weighted by Crippen LogP contribution is -2.26. The van der Waals surface area contributed by atoms with Crippen LogP contribution in [0.25, 0.3) is 0 Å². The molecule has 0 aliphatic carbocycles. The van der Waals surface area contributed by atoms with Crippen LogP contribution in [-0.2, 0) is 9.53 Å². The third kappa shape index (κ3) is 3.59. The Bertz CT molecular complexity index is 522. The fourth-order valence-corrected chi connectivity index (χ4v) is 1.92. The topological polar surface area (TPSA) is 84.7 Å². The molecule has 0 bridgehead atoms. The Kier molecular flexibility index (Phi) is 4.39. The Labute approximate surface area is 115 Å². The lowest BCUT2D eigenvalue weighted by Gasteiger charge is -2.12. The summed E-state index contributed by atoms with van der Waals surface area (Å²) in [5.74, 6) is -0.677. The van der Waals surface area contributed by atoms with Crippen LogP contribution in [-0.4, -0.2) is 36.6 Å². The molecule has 1 saturated heterocycles. The first-order chi connectivity index (χ1) is 9.56. The van der Waals surface area contributed by atoms with Gasteiger partial charge >= 0.3 is 6.09 Å². The van der Waals surface area contributed by atoms with E-state index in [-0.39, 0.29) is 24.1 Å². The van der Waals surface area contributed by atoms with E-state index in [0.29, 0.717) is 31.8 Å². The van der Waals surface area contributed by atoms with E-state index in [4.69, 9.17) is 10.5 Å². The Balaban J connectivity index is 1.76. The van der Waals surface area contributed by atoms with Gasteiger partial charge in [-0.05, 0) is 24.6 Å². The zero-order valence-corrected chi connectivity index (χ0v) is 10.9. The van der Waals surface area contributed by atoms with Crippen molar-refractivity contribution in [2.24, 2.45) is 0 Å². The molecule has 0 radical (unpaired) electrons. The number of nitrogens with one attached hydrogen (secondary N) is 1. The molecule has 1 heterocycles. The van der Waals surface area contributed by atoms with E-state index < -0.39 is 5.82 Å². The molecule has 0 atom stereocenters. The minimum Gasteiger partial charge on any atom is -0.448 e. The first kappa shape index (κ1) is 14.1. The van der Waals surface area contributed by atoms with Gasteiger partial charge in [-0.3, -0.25) is 4.79 Å². The van der Waals surface area contributed by atoms with E-state index in [2.05, 4.69) is 5.32 Å². The van der Waals surface area contributed by atoms with E-state index >= 15 is 0 Å². The monoisotopic (exact) mass is 281 g/mol. The highest BCUT2D eigenvalue weighted by Crippen LogP contribution is 2.19. The van der Waals surface area contributed by atoms with Crippen LogP contribution in [0.5, 0.6) is 0 Å². The average Bonchev–Trinajstić information content (AvgIpc) is 2.79. The molecule has 1 aromatic rings. The summed E-state index contributed by atoms with van der Waals surface area (Å²) in [4.78, 5) is 24.4. The van der Waals surface area contributed by atoms with E-state index in [0.717, 1.165) is 6.07 Å².